The minimum absolute atomic E-state index is 0.00671. The Labute approximate surface area is 100 Å². The number of likely N-dealkylation sites (N-methyl/N-ethyl adjacent to an activating group) is 1. The minimum atomic E-state index is -0.715. The average molecular weight is 236 g/mol. The van der Waals surface area contributed by atoms with E-state index in [9.17, 15) is 15.2 Å². The van der Waals surface area contributed by atoms with Crippen molar-refractivity contribution in [3.8, 4) is 0 Å². The summed E-state index contributed by atoms with van der Waals surface area (Å²) in [4.78, 5) is 12.3. The summed E-state index contributed by atoms with van der Waals surface area (Å²) in [5, 5.41) is 20.4. The van der Waals surface area contributed by atoms with E-state index in [2.05, 4.69) is 6.58 Å². The molecule has 0 saturated heterocycles. The van der Waals surface area contributed by atoms with E-state index < -0.39 is 11.0 Å². The van der Waals surface area contributed by atoms with E-state index in [1.54, 1.807) is 37.1 Å². The highest BCUT2D eigenvalue weighted by Crippen LogP contribution is 2.30. The monoisotopic (exact) mass is 236 g/mol. The van der Waals surface area contributed by atoms with Crippen molar-refractivity contribution in [1.29, 1.82) is 0 Å². The summed E-state index contributed by atoms with van der Waals surface area (Å²) in [6, 6.07) is 4.73. The fourth-order valence-corrected chi connectivity index (χ4v) is 1.56. The number of nitro groups is 1. The predicted molar refractivity (Wildman–Crippen MR) is 67.2 cm³/mol. The summed E-state index contributed by atoms with van der Waals surface area (Å²) < 4.78 is 0. The van der Waals surface area contributed by atoms with Crippen LogP contribution >= 0.6 is 0 Å². The van der Waals surface area contributed by atoms with E-state index >= 15 is 0 Å². The molecule has 1 atom stereocenters. The van der Waals surface area contributed by atoms with Crippen molar-refractivity contribution in [2.75, 3.05) is 18.5 Å². The SMILES string of the molecule is C=CCN(C)c1ccc([C@H](C)O)cc1[N+](=O)[O-]. The summed E-state index contributed by atoms with van der Waals surface area (Å²) in [6.45, 7) is 5.69. The first kappa shape index (κ1) is 13.2. The second-order valence-corrected chi connectivity index (χ2v) is 3.85. The van der Waals surface area contributed by atoms with Crippen LogP contribution in [0, 0.1) is 10.1 Å². The molecule has 1 rings (SSSR count). The molecule has 0 aromatic heterocycles. The first-order chi connectivity index (χ1) is 7.97. The molecule has 0 aliphatic rings. The molecule has 0 bridgehead atoms. The van der Waals surface area contributed by atoms with E-state index in [0.29, 0.717) is 17.8 Å². The molecule has 0 radical (unpaired) electrons. The third-order valence-electron chi connectivity index (χ3n) is 2.49. The lowest BCUT2D eigenvalue weighted by Crippen LogP contribution is -2.18. The zero-order chi connectivity index (χ0) is 13.0. The zero-order valence-electron chi connectivity index (χ0n) is 9.96. The van der Waals surface area contributed by atoms with E-state index in [4.69, 9.17) is 0 Å². The van der Waals surface area contributed by atoms with Crippen molar-refractivity contribution in [2.45, 2.75) is 13.0 Å². The Kier molecular flexibility index (Phi) is 4.23. The quantitative estimate of drug-likeness (QED) is 0.484. The third kappa shape index (κ3) is 3.04. The topological polar surface area (TPSA) is 66.6 Å². The summed E-state index contributed by atoms with van der Waals surface area (Å²) in [5.74, 6) is 0. The number of benzene rings is 1. The highest BCUT2D eigenvalue weighted by Gasteiger charge is 2.18. The summed E-state index contributed by atoms with van der Waals surface area (Å²) in [5.41, 5.74) is 1.04. The van der Waals surface area contributed by atoms with Gasteiger partial charge in [0.1, 0.15) is 5.69 Å². The fraction of sp³-hybridized carbons (Fsp3) is 0.333. The number of nitrogens with zero attached hydrogens (tertiary/aromatic N) is 2. The Morgan fingerprint density at radius 2 is 2.29 bits per heavy atom. The maximum Gasteiger partial charge on any atom is 0.292 e. The van der Waals surface area contributed by atoms with Crippen LogP contribution in [0.1, 0.15) is 18.6 Å². The van der Waals surface area contributed by atoms with Gasteiger partial charge in [0.25, 0.3) is 5.69 Å². The first-order valence-corrected chi connectivity index (χ1v) is 5.25. The maximum absolute atomic E-state index is 11.0. The normalized spacial score (nSPS) is 11.9. The average Bonchev–Trinajstić information content (AvgIpc) is 2.28. The van der Waals surface area contributed by atoms with Crippen LogP contribution in [-0.4, -0.2) is 23.6 Å². The fourth-order valence-electron chi connectivity index (χ4n) is 1.56. The molecule has 0 aliphatic heterocycles. The van der Waals surface area contributed by atoms with Gasteiger partial charge in [-0.15, -0.1) is 6.58 Å². The van der Waals surface area contributed by atoms with Crippen molar-refractivity contribution in [2.24, 2.45) is 0 Å². The van der Waals surface area contributed by atoms with Crippen LogP contribution in [0.15, 0.2) is 30.9 Å². The molecule has 0 aliphatic carbocycles. The zero-order valence-corrected chi connectivity index (χ0v) is 9.96. The molecule has 1 aromatic rings. The molecule has 17 heavy (non-hydrogen) atoms. The lowest BCUT2D eigenvalue weighted by Gasteiger charge is -2.17. The van der Waals surface area contributed by atoms with Gasteiger partial charge in [-0.1, -0.05) is 12.1 Å². The number of aliphatic hydroxyl groups is 1. The number of hydrogen-bond acceptors (Lipinski definition) is 4. The lowest BCUT2D eigenvalue weighted by molar-refractivity contribution is -0.384. The van der Waals surface area contributed by atoms with Crippen LogP contribution in [0.5, 0.6) is 0 Å². The van der Waals surface area contributed by atoms with Crippen molar-refractivity contribution < 1.29 is 10.0 Å². The number of anilines is 1. The maximum atomic E-state index is 11.0. The van der Waals surface area contributed by atoms with Crippen LogP contribution < -0.4 is 4.90 Å². The number of hydrogen-bond donors (Lipinski definition) is 1. The van der Waals surface area contributed by atoms with E-state index in [1.807, 2.05) is 0 Å². The molecule has 5 nitrogen and oxygen atoms in total. The standard InChI is InChI=1S/C12H16N2O3/c1-4-7-13(3)11-6-5-10(9(2)15)8-12(11)14(16)17/h4-6,8-9,15H,1,7H2,2-3H3/t9-/m0/s1. The van der Waals surface area contributed by atoms with Gasteiger partial charge in [-0.05, 0) is 18.6 Å². The second-order valence-electron chi connectivity index (χ2n) is 3.85. The van der Waals surface area contributed by atoms with Crippen molar-refractivity contribution in [3.63, 3.8) is 0 Å². The van der Waals surface area contributed by atoms with Crippen molar-refractivity contribution in [3.05, 3.63) is 46.5 Å². The van der Waals surface area contributed by atoms with Crippen molar-refractivity contribution in [1.82, 2.24) is 0 Å². The van der Waals surface area contributed by atoms with Crippen LogP contribution in [0.4, 0.5) is 11.4 Å². The molecule has 92 valence electrons. The molecular weight excluding hydrogens is 220 g/mol. The molecule has 0 heterocycles. The predicted octanol–water partition coefficient (Wildman–Crippen LogP) is 2.27. The van der Waals surface area contributed by atoms with Gasteiger partial charge in [-0.25, -0.2) is 0 Å². The van der Waals surface area contributed by atoms with Gasteiger partial charge in [0.05, 0.1) is 11.0 Å². The summed E-state index contributed by atoms with van der Waals surface area (Å²) in [7, 11) is 1.76. The number of rotatable bonds is 5. The van der Waals surface area contributed by atoms with Gasteiger partial charge in [-0.3, -0.25) is 10.1 Å². The Balaban J connectivity index is 3.21. The Morgan fingerprint density at radius 1 is 1.65 bits per heavy atom. The van der Waals surface area contributed by atoms with Gasteiger partial charge in [0.2, 0.25) is 0 Å². The molecule has 0 spiro atoms. The second kappa shape index (κ2) is 5.45. The number of aliphatic hydroxyl groups excluding tert-OH is 1. The first-order valence-electron chi connectivity index (χ1n) is 5.25. The van der Waals surface area contributed by atoms with Gasteiger partial charge in [0, 0.05) is 19.7 Å². The molecule has 0 fully saturated rings. The Hall–Kier alpha value is -1.88. The summed E-state index contributed by atoms with van der Waals surface area (Å²) >= 11 is 0. The van der Waals surface area contributed by atoms with E-state index in [1.165, 1.54) is 6.07 Å². The third-order valence-corrected chi connectivity index (χ3v) is 2.49. The van der Waals surface area contributed by atoms with E-state index in [-0.39, 0.29) is 5.69 Å². The summed E-state index contributed by atoms with van der Waals surface area (Å²) in [6.07, 6.45) is 0.958. The lowest BCUT2D eigenvalue weighted by atomic mass is 10.1. The van der Waals surface area contributed by atoms with Crippen LogP contribution in [-0.2, 0) is 0 Å². The molecule has 0 amide bonds. The highest BCUT2D eigenvalue weighted by atomic mass is 16.6. The smallest absolute Gasteiger partial charge is 0.292 e. The van der Waals surface area contributed by atoms with Crippen molar-refractivity contribution >= 4 is 11.4 Å². The highest BCUT2D eigenvalue weighted by molar-refractivity contribution is 5.64. The van der Waals surface area contributed by atoms with Crippen LogP contribution in [0.3, 0.4) is 0 Å². The van der Waals surface area contributed by atoms with Gasteiger partial charge < -0.3 is 10.0 Å². The molecule has 1 aromatic carbocycles. The number of nitro benzene ring substituents is 1. The Bertz CT molecular complexity index is 430. The largest absolute Gasteiger partial charge is 0.389 e. The molecule has 0 unspecified atom stereocenters. The van der Waals surface area contributed by atoms with Gasteiger partial charge >= 0.3 is 0 Å². The molecular formula is C12H16N2O3. The van der Waals surface area contributed by atoms with Crippen LogP contribution in [0.25, 0.3) is 0 Å². The molecule has 0 saturated carbocycles. The van der Waals surface area contributed by atoms with Gasteiger partial charge in [-0.2, -0.15) is 0 Å². The van der Waals surface area contributed by atoms with Crippen LogP contribution in [0.2, 0.25) is 0 Å². The van der Waals surface area contributed by atoms with E-state index in [0.717, 1.165) is 0 Å². The Morgan fingerprint density at radius 3 is 2.76 bits per heavy atom. The minimum Gasteiger partial charge on any atom is -0.389 e. The molecule has 1 N–H and O–H groups in total. The van der Waals surface area contributed by atoms with Gasteiger partial charge in [0.15, 0.2) is 0 Å². The molecule has 5 heteroatoms.